The number of ether oxygens (including phenoxy) is 5. The van der Waals surface area contributed by atoms with Crippen LogP contribution in [0.25, 0.3) is 21.2 Å². The van der Waals surface area contributed by atoms with Gasteiger partial charge in [-0.2, -0.15) is 0 Å². The number of aryl methyl sites for hydroxylation is 2. The Morgan fingerprint density at radius 2 is 1.69 bits per heavy atom. The number of thioether (sulfide) groups is 1. The van der Waals surface area contributed by atoms with Crippen LogP contribution in [0.1, 0.15) is 49.0 Å². The third-order valence-electron chi connectivity index (χ3n) is 10.4. The summed E-state index contributed by atoms with van der Waals surface area (Å²) in [5, 5.41) is 3.12. The van der Waals surface area contributed by atoms with E-state index in [1.54, 1.807) is 43.2 Å². The van der Waals surface area contributed by atoms with Gasteiger partial charge in [-0.3, -0.25) is 24.2 Å². The molecule has 0 spiro atoms. The number of amides is 1. The van der Waals surface area contributed by atoms with Gasteiger partial charge in [0.25, 0.3) is 11.5 Å². The van der Waals surface area contributed by atoms with E-state index >= 15 is 0 Å². The van der Waals surface area contributed by atoms with Crippen LogP contribution in [0.3, 0.4) is 0 Å². The van der Waals surface area contributed by atoms with Crippen molar-refractivity contribution in [3.8, 4) is 22.6 Å². The van der Waals surface area contributed by atoms with E-state index in [0.29, 0.717) is 93.6 Å². The molecule has 62 heavy (non-hydrogen) atoms. The number of fused-ring (bicyclic) bond motifs is 1. The van der Waals surface area contributed by atoms with E-state index in [9.17, 15) is 27.6 Å². The number of sulfone groups is 1. The minimum Gasteiger partial charge on any atom is -0.493 e. The Hall–Kier alpha value is -4.59. The monoisotopic (exact) mass is 910 g/mol. The van der Waals surface area contributed by atoms with E-state index in [2.05, 4.69) is 22.4 Å². The Morgan fingerprint density at radius 1 is 0.952 bits per heavy atom. The molecular formula is C44H54N4O11S3. The molecule has 3 heterocycles. The lowest BCUT2D eigenvalue weighted by molar-refractivity contribution is -0.129. The molecule has 2 aliphatic rings. The van der Waals surface area contributed by atoms with E-state index < -0.39 is 9.84 Å². The number of rotatable bonds is 22. The smallest absolute Gasteiger partial charge is 0.259 e. The summed E-state index contributed by atoms with van der Waals surface area (Å²) < 4.78 is 54.2. The molecule has 15 nitrogen and oxygen atoms in total. The number of Topliss-reactive ketones (excluding diaryl/α,β-unsaturated/α-hetero) is 2. The van der Waals surface area contributed by atoms with Gasteiger partial charge in [0.1, 0.15) is 21.5 Å². The first kappa shape index (κ1) is 46.9. The van der Waals surface area contributed by atoms with Crippen LogP contribution in [0.5, 0.6) is 11.5 Å². The summed E-state index contributed by atoms with van der Waals surface area (Å²) in [7, 11) is 0.153. The maximum atomic E-state index is 13.1. The second-order valence-corrected chi connectivity index (χ2v) is 19.8. The summed E-state index contributed by atoms with van der Waals surface area (Å²) in [6, 6.07) is 15.1. The number of benzene rings is 2. The molecule has 1 saturated carbocycles. The molecule has 0 radical (unpaired) electrons. The SMILES string of the molecule is COc1cc(-c2cn(C)c(=O)c3cc(C(N)=NC4CCS(=O)(=O)CC4)sc23)ccc1OCC(=O)NCCOCCOCCOCCCc1cccc(SC2CCC(=O)CC2=O)c1. The fraction of sp³-hybridized carbons (Fsp3) is 0.477. The van der Waals surface area contributed by atoms with Crippen molar-refractivity contribution in [2.45, 2.75) is 61.1 Å². The maximum Gasteiger partial charge on any atom is 0.259 e. The highest BCUT2D eigenvalue weighted by Gasteiger charge is 2.28. The third-order valence-corrected chi connectivity index (χ3v) is 14.7. The van der Waals surface area contributed by atoms with Crippen LogP contribution in [0.15, 0.2) is 69.4 Å². The fourth-order valence-corrected chi connectivity index (χ4v) is 10.8. The van der Waals surface area contributed by atoms with Gasteiger partial charge in [0, 0.05) is 48.0 Å². The Balaban J connectivity index is 0.852. The molecule has 1 aliphatic carbocycles. The largest absolute Gasteiger partial charge is 0.493 e. The molecule has 1 atom stereocenters. The molecule has 4 aromatic rings. The van der Waals surface area contributed by atoms with E-state index in [1.807, 2.05) is 18.2 Å². The van der Waals surface area contributed by atoms with Crippen LogP contribution >= 0.6 is 23.1 Å². The number of aromatic nitrogens is 1. The second-order valence-electron chi connectivity index (χ2n) is 15.1. The van der Waals surface area contributed by atoms with Crippen molar-refractivity contribution in [1.29, 1.82) is 0 Å². The zero-order valence-corrected chi connectivity index (χ0v) is 37.5. The molecular weight excluding hydrogens is 857 g/mol. The second kappa shape index (κ2) is 22.7. The van der Waals surface area contributed by atoms with Crippen molar-refractivity contribution in [3.63, 3.8) is 0 Å². The number of amidine groups is 1. The number of nitrogens with two attached hydrogens (primary N) is 1. The zero-order chi connectivity index (χ0) is 44.1. The molecule has 6 rings (SSSR count). The molecule has 1 amide bonds. The highest BCUT2D eigenvalue weighted by molar-refractivity contribution is 8.00. The predicted molar refractivity (Wildman–Crippen MR) is 241 cm³/mol. The summed E-state index contributed by atoms with van der Waals surface area (Å²) >= 11 is 2.90. The molecule has 1 aliphatic heterocycles. The van der Waals surface area contributed by atoms with Gasteiger partial charge in [-0.1, -0.05) is 18.2 Å². The van der Waals surface area contributed by atoms with E-state index in [4.69, 9.17) is 29.4 Å². The van der Waals surface area contributed by atoms with Crippen molar-refractivity contribution in [2.75, 3.05) is 71.4 Å². The summed E-state index contributed by atoms with van der Waals surface area (Å²) in [6.07, 6.45) is 5.45. The van der Waals surface area contributed by atoms with Gasteiger partial charge < -0.3 is 39.3 Å². The number of nitrogens with zero attached hydrogens (tertiary/aromatic N) is 2. The molecule has 3 N–H and O–H groups in total. The quantitative estimate of drug-likeness (QED) is 0.0483. The van der Waals surface area contributed by atoms with Crippen LogP contribution < -0.4 is 26.1 Å². The summed E-state index contributed by atoms with van der Waals surface area (Å²) in [5.41, 5.74) is 8.92. The number of methoxy groups -OCH3 is 1. The van der Waals surface area contributed by atoms with Crippen molar-refractivity contribution in [2.24, 2.45) is 17.8 Å². The number of ketones is 2. The van der Waals surface area contributed by atoms with Gasteiger partial charge in [0.05, 0.1) is 79.6 Å². The molecule has 18 heteroatoms. The van der Waals surface area contributed by atoms with Crippen molar-refractivity contribution < 1.29 is 46.5 Å². The first-order chi connectivity index (χ1) is 29.9. The summed E-state index contributed by atoms with van der Waals surface area (Å²) in [4.78, 5) is 55.7. The van der Waals surface area contributed by atoms with Crippen LogP contribution in [0, 0.1) is 0 Å². The van der Waals surface area contributed by atoms with Crippen molar-refractivity contribution in [3.05, 3.63) is 75.5 Å². The Labute approximate surface area is 369 Å². The molecule has 0 bridgehead atoms. The van der Waals surface area contributed by atoms with Gasteiger partial charge >= 0.3 is 0 Å². The number of aliphatic imine (C=N–C) groups is 1. The third kappa shape index (κ3) is 13.5. The van der Waals surface area contributed by atoms with Gasteiger partial charge in [0.15, 0.2) is 23.9 Å². The first-order valence-corrected chi connectivity index (χ1v) is 24.2. The Bertz CT molecular complexity index is 2400. The number of carbonyl (C=O) groups excluding carboxylic acids is 3. The first-order valence-electron chi connectivity index (χ1n) is 20.7. The Morgan fingerprint density at radius 3 is 2.44 bits per heavy atom. The van der Waals surface area contributed by atoms with Crippen LogP contribution in [-0.4, -0.2) is 119 Å². The summed E-state index contributed by atoms with van der Waals surface area (Å²) in [6.45, 7) is 2.66. The lowest BCUT2D eigenvalue weighted by atomic mass is 9.98. The predicted octanol–water partition coefficient (Wildman–Crippen LogP) is 4.52. The molecule has 2 aromatic heterocycles. The topological polar surface area (TPSA) is 204 Å². The number of pyridine rings is 1. The van der Waals surface area contributed by atoms with Crippen molar-refractivity contribution >= 4 is 66.3 Å². The normalized spacial score (nSPS) is 17.1. The number of hydrogen-bond donors (Lipinski definition) is 2. The molecule has 2 aromatic carbocycles. The van der Waals surface area contributed by atoms with Crippen LogP contribution in [0.2, 0.25) is 0 Å². The van der Waals surface area contributed by atoms with E-state index in [0.717, 1.165) is 33.6 Å². The molecule has 334 valence electrons. The minimum atomic E-state index is -3.03. The average Bonchev–Trinajstić information content (AvgIpc) is 3.71. The highest BCUT2D eigenvalue weighted by atomic mass is 32.2. The van der Waals surface area contributed by atoms with Gasteiger partial charge in [-0.15, -0.1) is 23.1 Å². The van der Waals surface area contributed by atoms with Crippen LogP contribution in [-0.2, 0) is 51.9 Å². The molecule has 1 unspecified atom stereocenters. The highest BCUT2D eigenvalue weighted by Crippen LogP contribution is 2.38. The Kier molecular flexibility index (Phi) is 17.1. The maximum absolute atomic E-state index is 13.1. The van der Waals surface area contributed by atoms with E-state index in [1.165, 1.54) is 28.6 Å². The van der Waals surface area contributed by atoms with Crippen molar-refractivity contribution in [1.82, 2.24) is 9.88 Å². The summed E-state index contributed by atoms with van der Waals surface area (Å²) in [5.74, 6) is 0.972. The molecule has 2 fully saturated rings. The zero-order valence-electron chi connectivity index (χ0n) is 35.1. The number of nitrogens with one attached hydrogen (secondary N) is 1. The number of thiophene rings is 1. The van der Waals surface area contributed by atoms with Gasteiger partial charge in [-0.05, 0) is 73.6 Å². The average molecular weight is 911 g/mol. The number of carbonyl (C=O) groups is 3. The van der Waals surface area contributed by atoms with E-state index in [-0.39, 0.29) is 64.7 Å². The van der Waals surface area contributed by atoms with Gasteiger partial charge in [-0.25, -0.2) is 8.42 Å². The van der Waals surface area contributed by atoms with Crippen LogP contribution in [0.4, 0.5) is 0 Å². The minimum absolute atomic E-state index is 0.0295. The molecule has 1 saturated heterocycles. The fourth-order valence-electron chi connectivity index (χ4n) is 7.09. The number of hydrogen-bond acceptors (Lipinski definition) is 14. The lowest BCUT2D eigenvalue weighted by Gasteiger charge is -2.19. The lowest BCUT2D eigenvalue weighted by Crippen LogP contribution is -2.32. The standard InChI is InChI=1S/C44H54N4O11S3/c1-48-27-35(42-34(44(48)52)26-40(61-42)43(45)47-31-12-21-62(53,54)22-13-31)30-8-10-37(38(24-30)55-2)59-28-41(51)46-14-16-57-18-20-58-19-17-56-15-4-6-29-5-3-7-33(23-29)60-39-11-9-32(49)25-36(39)50/h3,5,7-8,10,23-24,26-27,31,39H,4,6,9,11-22,25,28H2,1-2H3,(H2,45,47)(H,46,51). The van der Waals surface area contributed by atoms with Gasteiger partial charge in [0.2, 0.25) is 0 Å².